The Morgan fingerprint density at radius 3 is 2.30 bits per heavy atom. The van der Waals surface area contributed by atoms with Crippen molar-refractivity contribution in [2.45, 2.75) is 32.2 Å². The molecule has 0 aromatic carbocycles. The zero-order valence-corrected chi connectivity index (χ0v) is 6.63. The minimum Gasteiger partial charge on any atom is -0.358 e. The van der Waals surface area contributed by atoms with Crippen LogP contribution in [0.3, 0.4) is 0 Å². The predicted molar refractivity (Wildman–Crippen MR) is 41.0 cm³/mol. The van der Waals surface area contributed by atoms with Crippen molar-refractivity contribution >= 4 is 0 Å². The molecule has 0 heterocycles. The molecule has 0 aromatic rings. The summed E-state index contributed by atoms with van der Waals surface area (Å²) in [4.78, 5) is 0. The lowest BCUT2D eigenvalue weighted by Crippen LogP contribution is -2.59. The summed E-state index contributed by atoms with van der Waals surface area (Å²) in [6.45, 7) is 4.27. The summed E-state index contributed by atoms with van der Waals surface area (Å²) in [6.07, 6.45) is 0.290. The summed E-state index contributed by atoms with van der Waals surface area (Å²) in [5, 5.41) is 0. The van der Waals surface area contributed by atoms with E-state index in [2.05, 4.69) is 0 Å². The molecule has 0 aliphatic heterocycles. The second kappa shape index (κ2) is 3.88. The normalized spacial score (nSPS) is 17.4. The third kappa shape index (κ3) is 3.12. The monoisotopic (exact) mass is 147 g/mol. The van der Waals surface area contributed by atoms with Gasteiger partial charge in [0.25, 0.3) is 0 Å². The van der Waals surface area contributed by atoms with Gasteiger partial charge in [0, 0.05) is 6.61 Å². The number of rotatable bonds is 4. The molecular formula is C6H17N3O. The zero-order chi connectivity index (χ0) is 8.20. The average Bonchev–Trinajstić information content (AvgIpc) is 1.84. The number of hydrogen-bond donors (Lipinski definition) is 3. The van der Waals surface area contributed by atoms with Crippen molar-refractivity contribution in [3.05, 3.63) is 0 Å². The van der Waals surface area contributed by atoms with E-state index in [4.69, 9.17) is 21.9 Å². The molecule has 0 spiro atoms. The molecule has 1 unspecified atom stereocenters. The van der Waals surface area contributed by atoms with E-state index in [1.54, 1.807) is 6.92 Å². The minimum absolute atomic E-state index is 0.595. The quantitative estimate of drug-likeness (QED) is 0.460. The van der Waals surface area contributed by atoms with E-state index in [-0.39, 0.29) is 0 Å². The fourth-order valence-electron chi connectivity index (χ4n) is 0.418. The molecule has 1 atom stereocenters. The van der Waals surface area contributed by atoms with Crippen LogP contribution in [0.2, 0.25) is 0 Å². The number of ether oxygens (including phenoxy) is 1. The second-order valence-electron chi connectivity index (χ2n) is 2.56. The van der Waals surface area contributed by atoms with Crippen LogP contribution in [0.4, 0.5) is 0 Å². The van der Waals surface area contributed by atoms with Gasteiger partial charge in [-0.2, -0.15) is 0 Å². The van der Waals surface area contributed by atoms with Gasteiger partial charge in [0.05, 0.1) is 6.17 Å². The summed E-state index contributed by atoms with van der Waals surface area (Å²) in [5.74, 6) is 0. The number of hydrogen-bond acceptors (Lipinski definition) is 4. The van der Waals surface area contributed by atoms with Crippen LogP contribution in [-0.2, 0) is 4.74 Å². The van der Waals surface area contributed by atoms with Crippen molar-refractivity contribution in [3.8, 4) is 0 Å². The highest BCUT2D eigenvalue weighted by Crippen LogP contribution is 2.02. The Bertz CT molecular complexity index is 93.0. The summed E-state index contributed by atoms with van der Waals surface area (Å²) < 4.78 is 5.17. The Morgan fingerprint density at radius 1 is 1.50 bits per heavy atom. The average molecular weight is 147 g/mol. The first-order chi connectivity index (χ1) is 4.50. The lowest BCUT2D eigenvalue weighted by molar-refractivity contribution is -0.0437. The maximum atomic E-state index is 5.57. The Balaban J connectivity index is 3.63. The van der Waals surface area contributed by atoms with E-state index in [1.165, 1.54) is 0 Å². The third-order valence-corrected chi connectivity index (χ3v) is 1.28. The molecule has 0 radical (unpaired) electrons. The Labute approximate surface area is 61.7 Å². The van der Waals surface area contributed by atoms with E-state index in [1.807, 2.05) is 6.92 Å². The van der Waals surface area contributed by atoms with Crippen molar-refractivity contribution < 1.29 is 4.74 Å². The highest BCUT2D eigenvalue weighted by atomic mass is 16.5. The summed E-state index contributed by atoms with van der Waals surface area (Å²) in [6, 6.07) is 0. The van der Waals surface area contributed by atoms with E-state index in [0.717, 1.165) is 6.42 Å². The molecule has 0 bridgehead atoms. The van der Waals surface area contributed by atoms with Gasteiger partial charge in [-0.1, -0.05) is 6.92 Å². The fourth-order valence-corrected chi connectivity index (χ4v) is 0.418. The first kappa shape index (κ1) is 9.84. The molecule has 0 fully saturated rings. The van der Waals surface area contributed by atoms with Gasteiger partial charge in [-0.05, 0) is 13.3 Å². The highest BCUT2D eigenvalue weighted by Gasteiger charge is 2.23. The van der Waals surface area contributed by atoms with Crippen molar-refractivity contribution in [1.82, 2.24) is 0 Å². The van der Waals surface area contributed by atoms with Crippen LogP contribution >= 0.6 is 0 Å². The van der Waals surface area contributed by atoms with E-state index < -0.39 is 11.9 Å². The molecule has 0 aromatic heterocycles. The van der Waals surface area contributed by atoms with E-state index in [0.29, 0.717) is 6.61 Å². The number of nitrogens with two attached hydrogens (primary N) is 3. The zero-order valence-electron chi connectivity index (χ0n) is 6.63. The van der Waals surface area contributed by atoms with E-state index >= 15 is 0 Å². The molecule has 0 saturated heterocycles. The Kier molecular flexibility index (Phi) is 3.81. The SMILES string of the molecule is CCCOC(C)(N)C(N)N. The van der Waals surface area contributed by atoms with Crippen LogP contribution in [0.5, 0.6) is 0 Å². The molecule has 4 heteroatoms. The second-order valence-corrected chi connectivity index (χ2v) is 2.56. The molecule has 0 aliphatic carbocycles. The molecule has 0 rings (SSSR count). The van der Waals surface area contributed by atoms with Gasteiger partial charge in [-0.15, -0.1) is 0 Å². The summed E-state index contributed by atoms with van der Waals surface area (Å²) in [5.41, 5.74) is 15.4. The van der Waals surface area contributed by atoms with Crippen molar-refractivity contribution in [3.63, 3.8) is 0 Å². The fraction of sp³-hybridized carbons (Fsp3) is 1.00. The molecule has 4 nitrogen and oxygen atoms in total. The van der Waals surface area contributed by atoms with E-state index in [9.17, 15) is 0 Å². The lowest BCUT2D eigenvalue weighted by Gasteiger charge is -2.28. The van der Waals surface area contributed by atoms with Gasteiger partial charge in [0.15, 0.2) is 0 Å². The van der Waals surface area contributed by atoms with Gasteiger partial charge < -0.3 is 21.9 Å². The van der Waals surface area contributed by atoms with Crippen molar-refractivity contribution in [1.29, 1.82) is 0 Å². The van der Waals surface area contributed by atoms with Crippen LogP contribution in [0, 0.1) is 0 Å². The summed E-state index contributed by atoms with van der Waals surface area (Å²) >= 11 is 0. The highest BCUT2D eigenvalue weighted by molar-refractivity contribution is 4.75. The minimum atomic E-state index is -0.893. The largest absolute Gasteiger partial charge is 0.358 e. The topological polar surface area (TPSA) is 87.3 Å². The van der Waals surface area contributed by atoms with Gasteiger partial charge >= 0.3 is 0 Å². The first-order valence-corrected chi connectivity index (χ1v) is 3.44. The van der Waals surface area contributed by atoms with Gasteiger partial charge in [-0.3, -0.25) is 0 Å². The van der Waals surface area contributed by atoms with Crippen LogP contribution in [0.15, 0.2) is 0 Å². The molecule has 0 saturated carbocycles. The Hall–Kier alpha value is -0.160. The first-order valence-electron chi connectivity index (χ1n) is 3.44. The van der Waals surface area contributed by atoms with Crippen LogP contribution in [0.25, 0.3) is 0 Å². The summed E-state index contributed by atoms with van der Waals surface area (Å²) in [7, 11) is 0. The lowest BCUT2D eigenvalue weighted by atomic mass is 10.2. The third-order valence-electron chi connectivity index (χ3n) is 1.28. The van der Waals surface area contributed by atoms with Crippen molar-refractivity contribution in [2.24, 2.45) is 17.2 Å². The molecule has 62 valence electrons. The molecule has 0 amide bonds. The van der Waals surface area contributed by atoms with Gasteiger partial charge in [0.1, 0.15) is 5.72 Å². The molecule has 0 aliphatic rings. The van der Waals surface area contributed by atoms with Crippen LogP contribution in [0.1, 0.15) is 20.3 Å². The van der Waals surface area contributed by atoms with Crippen LogP contribution in [-0.4, -0.2) is 18.5 Å². The molecule has 6 N–H and O–H groups in total. The smallest absolute Gasteiger partial charge is 0.142 e. The molecule has 10 heavy (non-hydrogen) atoms. The van der Waals surface area contributed by atoms with Crippen LogP contribution < -0.4 is 17.2 Å². The van der Waals surface area contributed by atoms with Gasteiger partial charge in [-0.25, -0.2) is 0 Å². The molecular weight excluding hydrogens is 130 g/mol. The maximum absolute atomic E-state index is 5.57. The predicted octanol–water partition coefficient (Wildman–Crippen LogP) is -0.669. The Morgan fingerprint density at radius 2 is 2.00 bits per heavy atom. The standard InChI is InChI=1S/C6H17N3O/c1-3-4-10-6(2,9)5(7)8/h5H,3-4,7-9H2,1-2H3. The maximum Gasteiger partial charge on any atom is 0.142 e. The van der Waals surface area contributed by atoms with Gasteiger partial charge in [0.2, 0.25) is 0 Å². The van der Waals surface area contributed by atoms with Crippen molar-refractivity contribution in [2.75, 3.05) is 6.61 Å².